The van der Waals surface area contributed by atoms with Crippen molar-refractivity contribution in [3.8, 4) is 0 Å². The molecule has 0 aliphatic carbocycles. The number of halogens is 1. The summed E-state index contributed by atoms with van der Waals surface area (Å²) in [5.41, 5.74) is 2.65. The molecule has 1 N–H and O–H groups in total. The second-order valence-electron chi connectivity index (χ2n) is 6.48. The third-order valence-corrected chi connectivity index (χ3v) is 4.89. The molecule has 6 heteroatoms. The molecular weight excluding hydrogens is 350 g/mol. The molecule has 1 aliphatic heterocycles. The Morgan fingerprint density at radius 2 is 1.77 bits per heavy atom. The Kier molecular flexibility index (Phi) is 4.49. The first-order valence-corrected chi connectivity index (χ1v) is 8.86. The molecule has 5 nitrogen and oxygen atoms in total. The first-order chi connectivity index (χ1) is 12.6. The van der Waals surface area contributed by atoms with Crippen LogP contribution in [0.15, 0.2) is 59.4 Å². The number of piperazine rings is 1. The van der Waals surface area contributed by atoms with E-state index in [0.717, 1.165) is 35.2 Å². The number of nitrogens with zero attached hydrogens (tertiary/aromatic N) is 2. The molecule has 1 aromatic heterocycles. The van der Waals surface area contributed by atoms with E-state index >= 15 is 0 Å². The molecule has 1 amide bonds. The maximum absolute atomic E-state index is 12.6. The van der Waals surface area contributed by atoms with Crippen LogP contribution < -0.4 is 10.5 Å². The van der Waals surface area contributed by atoms with Crippen LogP contribution in [0.3, 0.4) is 0 Å². The number of amides is 1. The lowest BCUT2D eigenvalue weighted by Gasteiger charge is -2.34. The van der Waals surface area contributed by atoms with Gasteiger partial charge in [-0.15, -0.1) is 0 Å². The van der Waals surface area contributed by atoms with E-state index in [9.17, 15) is 9.59 Å². The number of benzene rings is 2. The van der Waals surface area contributed by atoms with Crippen LogP contribution in [0, 0.1) is 0 Å². The summed E-state index contributed by atoms with van der Waals surface area (Å²) in [6.07, 6.45) is 0. The highest BCUT2D eigenvalue weighted by Crippen LogP contribution is 2.22. The largest absolute Gasteiger partial charge is 0.322 e. The van der Waals surface area contributed by atoms with Gasteiger partial charge in [0.05, 0.1) is 6.54 Å². The predicted octanol–water partition coefficient (Wildman–Crippen LogP) is 3.03. The van der Waals surface area contributed by atoms with Crippen molar-refractivity contribution in [2.75, 3.05) is 24.5 Å². The Balaban J connectivity index is 1.48. The Morgan fingerprint density at radius 3 is 2.54 bits per heavy atom. The number of hydrogen-bond acceptors (Lipinski definition) is 3. The van der Waals surface area contributed by atoms with Crippen molar-refractivity contribution >= 4 is 34.1 Å². The molecule has 26 heavy (non-hydrogen) atoms. The molecule has 0 saturated carbocycles. The van der Waals surface area contributed by atoms with E-state index in [-0.39, 0.29) is 11.5 Å². The second kappa shape index (κ2) is 6.94. The van der Waals surface area contributed by atoms with Gasteiger partial charge in [0.1, 0.15) is 0 Å². The third kappa shape index (κ3) is 3.49. The van der Waals surface area contributed by atoms with E-state index in [2.05, 4.69) is 9.88 Å². The van der Waals surface area contributed by atoms with Crippen LogP contribution in [0.4, 0.5) is 5.69 Å². The molecule has 1 saturated heterocycles. The Labute approximate surface area is 155 Å². The summed E-state index contributed by atoms with van der Waals surface area (Å²) >= 11 is 5.92. The van der Waals surface area contributed by atoms with Gasteiger partial charge in [0.15, 0.2) is 0 Å². The van der Waals surface area contributed by atoms with Gasteiger partial charge < -0.3 is 9.88 Å². The highest BCUT2D eigenvalue weighted by Gasteiger charge is 2.25. The van der Waals surface area contributed by atoms with Gasteiger partial charge in [-0.3, -0.25) is 14.5 Å². The number of rotatable bonds is 3. The number of H-pyrrole nitrogens is 1. The number of anilines is 1. The number of carbonyl (C=O) groups is 1. The quantitative estimate of drug-likeness (QED) is 0.774. The zero-order valence-corrected chi connectivity index (χ0v) is 14.9. The molecule has 0 spiro atoms. The molecule has 3 aromatic rings. The average Bonchev–Trinajstić information content (AvgIpc) is 2.63. The van der Waals surface area contributed by atoms with Crippen molar-refractivity contribution in [3.05, 3.63) is 75.5 Å². The van der Waals surface area contributed by atoms with Crippen molar-refractivity contribution in [3.63, 3.8) is 0 Å². The number of fused-ring (bicyclic) bond motifs is 1. The average molecular weight is 368 g/mol. The van der Waals surface area contributed by atoms with Crippen LogP contribution >= 0.6 is 11.6 Å². The van der Waals surface area contributed by atoms with Gasteiger partial charge in [0.2, 0.25) is 11.5 Å². The molecule has 2 aromatic carbocycles. The maximum Gasteiger partial charge on any atom is 0.248 e. The maximum atomic E-state index is 12.6. The minimum Gasteiger partial charge on any atom is -0.322 e. The summed E-state index contributed by atoms with van der Waals surface area (Å²) < 4.78 is 0. The van der Waals surface area contributed by atoms with Crippen LogP contribution in [0.5, 0.6) is 0 Å². The number of nitrogens with one attached hydrogen (secondary N) is 1. The van der Waals surface area contributed by atoms with Gasteiger partial charge >= 0.3 is 0 Å². The van der Waals surface area contributed by atoms with Gasteiger partial charge in [0.25, 0.3) is 0 Å². The Morgan fingerprint density at radius 1 is 0.962 bits per heavy atom. The highest BCUT2D eigenvalue weighted by atomic mass is 35.5. The molecule has 0 bridgehead atoms. The molecule has 0 radical (unpaired) electrons. The van der Waals surface area contributed by atoms with E-state index in [4.69, 9.17) is 11.6 Å². The predicted molar refractivity (Wildman–Crippen MR) is 104 cm³/mol. The van der Waals surface area contributed by atoms with Crippen LogP contribution in [0.25, 0.3) is 10.9 Å². The minimum atomic E-state index is -0.128. The highest BCUT2D eigenvalue weighted by molar-refractivity contribution is 6.30. The van der Waals surface area contributed by atoms with Crippen molar-refractivity contribution in [2.45, 2.75) is 6.54 Å². The lowest BCUT2D eigenvalue weighted by molar-refractivity contribution is -0.121. The van der Waals surface area contributed by atoms with Crippen LogP contribution in [0.2, 0.25) is 5.02 Å². The first-order valence-electron chi connectivity index (χ1n) is 8.49. The topological polar surface area (TPSA) is 56.4 Å². The summed E-state index contributed by atoms with van der Waals surface area (Å²) in [6.45, 7) is 2.56. The minimum absolute atomic E-state index is 0.0778. The fourth-order valence-electron chi connectivity index (χ4n) is 3.29. The van der Waals surface area contributed by atoms with E-state index in [1.54, 1.807) is 6.07 Å². The summed E-state index contributed by atoms with van der Waals surface area (Å²) in [5.74, 6) is 0.0778. The normalized spacial score (nSPS) is 15.6. The zero-order chi connectivity index (χ0) is 18.1. The standard InChI is InChI=1S/C20H18ClN3O2/c21-16-4-1-14(2-5-16)12-23-9-10-24(20(26)13-23)17-6-7-18-15(11-17)3-8-19(25)22-18/h1-8,11H,9-10,12-13H2,(H,22,25). The molecule has 2 heterocycles. The fourth-order valence-corrected chi connectivity index (χ4v) is 3.41. The van der Waals surface area contributed by atoms with Crippen LogP contribution in [-0.2, 0) is 11.3 Å². The van der Waals surface area contributed by atoms with E-state index in [0.29, 0.717) is 18.1 Å². The second-order valence-corrected chi connectivity index (χ2v) is 6.91. The first kappa shape index (κ1) is 16.8. The zero-order valence-electron chi connectivity index (χ0n) is 14.1. The van der Waals surface area contributed by atoms with Crippen molar-refractivity contribution in [1.82, 2.24) is 9.88 Å². The van der Waals surface area contributed by atoms with Crippen LogP contribution in [0.1, 0.15) is 5.56 Å². The van der Waals surface area contributed by atoms with E-state index in [1.807, 2.05) is 47.4 Å². The van der Waals surface area contributed by atoms with Crippen LogP contribution in [-0.4, -0.2) is 35.4 Å². The van der Waals surface area contributed by atoms with Crippen molar-refractivity contribution in [1.29, 1.82) is 0 Å². The fraction of sp³-hybridized carbons (Fsp3) is 0.200. The van der Waals surface area contributed by atoms with Gasteiger partial charge in [-0.1, -0.05) is 23.7 Å². The number of carbonyl (C=O) groups excluding carboxylic acids is 1. The summed E-state index contributed by atoms with van der Waals surface area (Å²) in [6, 6.07) is 16.7. The smallest absolute Gasteiger partial charge is 0.248 e. The molecular formula is C20H18ClN3O2. The number of aromatic amines is 1. The molecule has 1 fully saturated rings. The van der Waals surface area contributed by atoms with Crippen molar-refractivity contribution < 1.29 is 4.79 Å². The summed E-state index contributed by atoms with van der Waals surface area (Å²) in [4.78, 5) is 30.8. The Hall–Kier alpha value is -2.63. The van der Waals surface area contributed by atoms with Crippen molar-refractivity contribution in [2.24, 2.45) is 0 Å². The van der Waals surface area contributed by atoms with Gasteiger partial charge in [0, 0.05) is 47.3 Å². The van der Waals surface area contributed by atoms with E-state index < -0.39 is 0 Å². The molecule has 132 valence electrons. The lowest BCUT2D eigenvalue weighted by Crippen LogP contribution is -2.50. The van der Waals surface area contributed by atoms with Gasteiger partial charge in [-0.25, -0.2) is 0 Å². The third-order valence-electron chi connectivity index (χ3n) is 4.64. The molecule has 4 rings (SSSR count). The Bertz CT molecular complexity index is 1010. The van der Waals surface area contributed by atoms with E-state index in [1.165, 1.54) is 6.07 Å². The number of hydrogen-bond donors (Lipinski definition) is 1. The molecule has 1 aliphatic rings. The number of pyridine rings is 1. The van der Waals surface area contributed by atoms with Gasteiger partial charge in [-0.05, 0) is 42.0 Å². The summed E-state index contributed by atoms with van der Waals surface area (Å²) in [7, 11) is 0. The molecule has 0 atom stereocenters. The monoisotopic (exact) mass is 367 g/mol. The molecule has 0 unspecified atom stereocenters. The van der Waals surface area contributed by atoms with Gasteiger partial charge in [-0.2, -0.15) is 0 Å². The number of aromatic nitrogens is 1. The lowest BCUT2D eigenvalue weighted by atomic mass is 10.1. The summed E-state index contributed by atoms with van der Waals surface area (Å²) in [5, 5.41) is 1.63. The SMILES string of the molecule is O=C1CN(Cc2ccc(Cl)cc2)CCN1c1ccc2[nH]c(=O)ccc2c1.